The normalized spacial score (nSPS) is 23.3. The molecule has 3 heterocycles. The Balaban J connectivity index is 1.67. The number of thiazole rings is 1. The van der Waals surface area contributed by atoms with E-state index in [1.165, 1.54) is 0 Å². The Morgan fingerprint density at radius 2 is 2.43 bits per heavy atom. The number of primary amides is 1. The number of carbonyl (C=O) groups excluding carboxylic acids is 1. The molecule has 1 aliphatic heterocycles. The van der Waals surface area contributed by atoms with E-state index in [1.807, 2.05) is 18.4 Å². The van der Waals surface area contributed by atoms with Gasteiger partial charge in [0.05, 0.1) is 18.1 Å². The van der Waals surface area contributed by atoms with E-state index in [-0.39, 0.29) is 6.10 Å². The lowest BCUT2D eigenvalue weighted by Crippen LogP contribution is -2.51. The number of nitrogens with two attached hydrogens (primary N) is 1. The van der Waals surface area contributed by atoms with Crippen LogP contribution < -0.4 is 5.73 Å². The molecule has 21 heavy (non-hydrogen) atoms. The van der Waals surface area contributed by atoms with Crippen LogP contribution >= 0.6 is 11.3 Å². The lowest BCUT2D eigenvalue weighted by Gasteiger charge is -2.34. The maximum atomic E-state index is 11.3. The molecule has 1 amide bonds. The molecule has 0 unspecified atom stereocenters. The second-order valence-electron chi connectivity index (χ2n) is 5.19. The molecular weight excluding hydrogens is 290 g/mol. The Morgan fingerprint density at radius 1 is 1.57 bits per heavy atom. The summed E-state index contributed by atoms with van der Waals surface area (Å²) in [4.78, 5) is 18.1. The van der Waals surface area contributed by atoms with Crippen LogP contribution in [-0.4, -0.2) is 41.1 Å². The first-order valence-electron chi connectivity index (χ1n) is 6.76. The van der Waals surface area contributed by atoms with Crippen molar-refractivity contribution in [3.63, 3.8) is 0 Å². The third-order valence-electron chi connectivity index (χ3n) is 3.36. The highest BCUT2D eigenvalue weighted by Crippen LogP contribution is 2.25. The molecule has 1 saturated heterocycles. The molecule has 2 aromatic rings. The van der Waals surface area contributed by atoms with E-state index in [9.17, 15) is 4.79 Å². The van der Waals surface area contributed by atoms with E-state index in [0.717, 1.165) is 22.8 Å². The average Bonchev–Trinajstić information content (AvgIpc) is 3.08. The molecular formula is C14H17N3O3S. The highest BCUT2D eigenvalue weighted by molar-refractivity contribution is 7.13. The zero-order valence-corrected chi connectivity index (χ0v) is 12.5. The van der Waals surface area contributed by atoms with Crippen molar-refractivity contribution in [1.82, 2.24) is 9.88 Å². The summed E-state index contributed by atoms with van der Waals surface area (Å²) in [5.74, 6) is -0.413. The summed E-state index contributed by atoms with van der Waals surface area (Å²) in [6, 6.07) is 1.89. The highest BCUT2D eigenvalue weighted by Gasteiger charge is 2.29. The van der Waals surface area contributed by atoms with Crippen LogP contribution in [0, 0.1) is 0 Å². The summed E-state index contributed by atoms with van der Waals surface area (Å²) in [5, 5.41) is 2.97. The van der Waals surface area contributed by atoms with E-state index < -0.39 is 12.0 Å². The van der Waals surface area contributed by atoms with E-state index in [1.54, 1.807) is 23.9 Å². The van der Waals surface area contributed by atoms with Crippen LogP contribution in [0.4, 0.5) is 0 Å². The molecule has 0 radical (unpaired) electrons. The molecule has 3 rings (SSSR count). The molecule has 1 fully saturated rings. The number of nitrogens with zero attached hydrogens (tertiary/aromatic N) is 2. The van der Waals surface area contributed by atoms with Crippen LogP contribution in [0.1, 0.15) is 12.6 Å². The molecule has 0 saturated carbocycles. The fourth-order valence-corrected chi connectivity index (χ4v) is 3.25. The number of hydrogen-bond donors (Lipinski definition) is 1. The number of aromatic nitrogens is 1. The van der Waals surface area contributed by atoms with Gasteiger partial charge in [0, 0.05) is 30.6 Å². The average molecular weight is 307 g/mol. The first-order chi connectivity index (χ1) is 10.1. The minimum Gasteiger partial charge on any atom is -0.472 e. The molecule has 2 atom stereocenters. The third-order valence-corrected chi connectivity index (χ3v) is 4.30. The van der Waals surface area contributed by atoms with Gasteiger partial charge in [0.15, 0.2) is 0 Å². The van der Waals surface area contributed by atoms with Gasteiger partial charge in [-0.1, -0.05) is 0 Å². The number of furan rings is 1. The smallest absolute Gasteiger partial charge is 0.247 e. The Labute approximate surface area is 126 Å². The fraction of sp³-hybridized carbons (Fsp3) is 0.429. The number of amides is 1. The van der Waals surface area contributed by atoms with Gasteiger partial charge in [-0.25, -0.2) is 4.98 Å². The van der Waals surface area contributed by atoms with Crippen LogP contribution in [0.2, 0.25) is 0 Å². The highest BCUT2D eigenvalue weighted by atomic mass is 32.1. The van der Waals surface area contributed by atoms with Crippen molar-refractivity contribution < 1.29 is 13.9 Å². The van der Waals surface area contributed by atoms with Gasteiger partial charge >= 0.3 is 0 Å². The number of morpholine rings is 1. The molecule has 7 heteroatoms. The number of ether oxygens (including phenoxy) is 1. The molecule has 112 valence electrons. The minimum atomic E-state index is -0.541. The zero-order valence-electron chi connectivity index (χ0n) is 11.7. The van der Waals surface area contributed by atoms with E-state index in [2.05, 4.69) is 9.88 Å². The SMILES string of the molecule is C[C@@H]1CN(Cc2csc(-c3ccoc3)n2)C[C@@H](C(N)=O)O1. The Morgan fingerprint density at radius 3 is 3.14 bits per heavy atom. The van der Waals surface area contributed by atoms with E-state index in [0.29, 0.717) is 13.1 Å². The Bertz CT molecular complexity index is 611. The molecule has 0 spiro atoms. The second-order valence-corrected chi connectivity index (χ2v) is 6.05. The van der Waals surface area contributed by atoms with Gasteiger partial charge in [0.1, 0.15) is 17.4 Å². The first kappa shape index (κ1) is 14.2. The van der Waals surface area contributed by atoms with Gasteiger partial charge in [-0.2, -0.15) is 0 Å². The summed E-state index contributed by atoms with van der Waals surface area (Å²) in [7, 11) is 0. The summed E-state index contributed by atoms with van der Waals surface area (Å²) in [6.07, 6.45) is 2.77. The fourth-order valence-electron chi connectivity index (χ4n) is 2.45. The third kappa shape index (κ3) is 3.31. The summed E-state index contributed by atoms with van der Waals surface area (Å²) in [5.41, 5.74) is 7.30. The lowest BCUT2D eigenvalue weighted by molar-refractivity contribution is -0.142. The maximum absolute atomic E-state index is 11.3. The number of carbonyl (C=O) groups is 1. The minimum absolute atomic E-state index is 0.0109. The van der Waals surface area contributed by atoms with Gasteiger partial charge in [-0.3, -0.25) is 9.69 Å². The Kier molecular flexibility index (Phi) is 4.05. The van der Waals surface area contributed by atoms with Crippen molar-refractivity contribution in [3.8, 4) is 10.6 Å². The predicted molar refractivity (Wildman–Crippen MR) is 78.6 cm³/mol. The van der Waals surface area contributed by atoms with Gasteiger partial charge in [0.2, 0.25) is 5.91 Å². The largest absolute Gasteiger partial charge is 0.472 e. The van der Waals surface area contributed by atoms with Gasteiger partial charge in [-0.15, -0.1) is 11.3 Å². The monoisotopic (exact) mass is 307 g/mol. The van der Waals surface area contributed by atoms with E-state index in [4.69, 9.17) is 14.9 Å². The van der Waals surface area contributed by atoms with Crippen molar-refractivity contribution in [3.05, 3.63) is 29.7 Å². The van der Waals surface area contributed by atoms with Crippen molar-refractivity contribution in [2.45, 2.75) is 25.7 Å². The summed E-state index contributed by atoms with van der Waals surface area (Å²) < 4.78 is 10.6. The summed E-state index contributed by atoms with van der Waals surface area (Å²) in [6.45, 7) is 3.91. The topological polar surface area (TPSA) is 81.6 Å². The van der Waals surface area contributed by atoms with E-state index >= 15 is 0 Å². The lowest BCUT2D eigenvalue weighted by atomic mass is 10.2. The quantitative estimate of drug-likeness (QED) is 0.925. The van der Waals surface area contributed by atoms with Gasteiger partial charge in [0.25, 0.3) is 0 Å². The van der Waals surface area contributed by atoms with Gasteiger partial charge in [-0.05, 0) is 13.0 Å². The molecule has 2 aromatic heterocycles. The van der Waals surface area contributed by atoms with Crippen LogP contribution in [0.15, 0.2) is 28.4 Å². The molecule has 0 aliphatic carbocycles. The van der Waals surface area contributed by atoms with Crippen LogP contribution in [-0.2, 0) is 16.1 Å². The zero-order chi connectivity index (χ0) is 14.8. The Hall–Kier alpha value is -1.70. The van der Waals surface area contributed by atoms with Crippen molar-refractivity contribution in [1.29, 1.82) is 0 Å². The van der Waals surface area contributed by atoms with Crippen LogP contribution in [0.5, 0.6) is 0 Å². The number of hydrogen-bond acceptors (Lipinski definition) is 6. The standard InChI is InChI=1S/C14H17N3O3S/c1-9-4-17(6-12(20-9)13(15)18)5-11-8-21-14(16-11)10-2-3-19-7-10/h2-3,7-9,12H,4-6H2,1H3,(H2,15,18)/t9-,12+/m1/s1. The molecule has 0 bridgehead atoms. The van der Waals surface area contributed by atoms with Crippen molar-refractivity contribution in [2.75, 3.05) is 13.1 Å². The maximum Gasteiger partial charge on any atom is 0.247 e. The molecule has 1 aliphatic rings. The molecule has 6 nitrogen and oxygen atoms in total. The van der Waals surface area contributed by atoms with Gasteiger partial charge < -0.3 is 14.9 Å². The molecule has 0 aromatic carbocycles. The van der Waals surface area contributed by atoms with Crippen molar-refractivity contribution >= 4 is 17.2 Å². The van der Waals surface area contributed by atoms with Crippen LogP contribution in [0.25, 0.3) is 10.6 Å². The second kappa shape index (κ2) is 5.97. The predicted octanol–water partition coefficient (Wildman–Crippen LogP) is 1.48. The van der Waals surface area contributed by atoms with Crippen LogP contribution in [0.3, 0.4) is 0 Å². The first-order valence-corrected chi connectivity index (χ1v) is 7.64. The van der Waals surface area contributed by atoms with Crippen molar-refractivity contribution in [2.24, 2.45) is 5.73 Å². The number of rotatable bonds is 4. The summed E-state index contributed by atoms with van der Waals surface area (Å²) >= 11 is 1.58. The molecule has 2 N–H and O–H groups in total.